The molecule has 27 heavy (non-hydrogen) atoms. The minimum Gasteiger partial charge on any atom is -0.354 e. The summed E-state index contributed by atoms with van der Waals surface area (Å²) in [6.07, 6.45) is 4.24. The van der Waals surface area contributed by atoms with E-state index in [2.05, 4.69) is 12.2 Å². The van der Waals surface area contributed by atoms with E-state index in [1.165, 1.54) is 0 Å². The Morgan fingerprint density at radius 2 is 1.96 bits per heavy atom. The van der Waals surface area contributed by atoms with E-state index in [1.807, 2.05) is 6.92 Å². The van der Waals surface area contributed by atoms with Gasteiger partial charge in [0.2, 0.25) is 5.91 Å². The van der Waals surface area contributed by atoms with E-state index < -0.39 is 11.8 Å². The van der Waals surface area contributed by atoms with Crippen LogP contribution in [-0.2, 0) is 9.53 Å². The van der Waals surface area contributed by atoms with Crippen LogP contribution in [-0.4, -0.2) is 41.6 Å². The summed E-state index contributed by atoms with van der Waals surface area (Å²) in [6, 6.07) is 4.18. The fraction of sp³-hybridized carbons (Fsp3) is 0.600. The van der Waals surface area contributed by atoms with Gasteiger partial charge in [0.15, 0.2) is 0 Å². The molecule has 0 bridgehead atoms. The zero-order valence-electron chi connectivity index (χ0n) is 15.8. The van der Waals surface area contributed by atoms with Crippen LogP contribution in [0.4, 0.5) is 0 Å². The predicted molar refractivity (Wildman–Crippen MR) is 106 cm³/mol. The van der Waals surface area contributed by atoms with E-state index in [0.29, 0.717) is 28.1 Å². The van der Waals surface area contributed by atoms with Crippen LogP contribution in [0.15, 0.2) is 18.2 Å². The second-order valence-corrected chi connectivity index (χ2v) is 8.36. The van der Waals surface area contributed by atoms with Gasteiger partial charge in [-0.2, -0.15) is 0 Å². The summed E-state index contributed by atoms with van der Waals surface area (Å²) in [5.74, 6) is 0.187. The standard InChI is InChI=1S/C20H26Cl2N2O3/c1-3-10-23-18(25)17-12-27-20(8-6-13(2)7-9-20)24(17)19(26)14-4-5-15(21)16(22)11-14/h4-5,11,13,17H,3,6-10,12H2,1-2H3,(H,23,25). The lowest BCUT2D eigenvalue weighted by molar-refractivity contribution is -0.127. The van der Waals surface area contributed by atoms with Crippen molar-refractivity contribution in [1.82, 2.24) is 10.2 Å². The lowest BCUT2D eigenvalue weighted by Gasteiger charge is -2.43. The zero-order chi connectivity index (χ0) is 19.6. The van der Waals surface area contributed by atoms with Gasteiger partial charge in [0.05, 0.1) is 16.7 Å². The highest BCUT2D eigenvalue weighted by molar-refractivity contribution is 6.42. The van der Waals surface area contributed by atoms with Crippen molar-refractivity contribution in [3.8, 4) is 0 Å². The van der Waals surface area contributed by atoms with Gasteiger partial charge in [-0.05, 0) is 56.2 Å². The third-order valence-corrected chi connectivity index (χ3v) is 6.29. The van der Waals surface area contributed by atoms with Gasteiger partial charge >= 0.3 is 0 Å². The van der Waals surface area contributed by atoms with E-state index >= 15 is 0 Å². The number of ether oxygens (including phenoxy) is 1. The molecule has 1 saturated carbocycles. The molecule has 0 radical (unpaired) electrons. The Balaban J connectivity index is 1.93. The van der Waals surface area contributed by atoms with Gasteiger partial charge in [0.25, 0.3) is 5.91 Å². The molecule has 1 aliphatic carbocycles. The molecular weight excluding hydrogens is 387 g/mol. The van der Waals surface area contributed by atoms with E-state index in [9.17, 15) is 9.59 Å². The lowest BCUT2D eigenvalue weighted by Crippen LogP contribution is -2.56. The van der Waals surface area contributed by atoms with Crippen molar-refractivity contribution in [2.45, 2.75) is 57.7 Å². The average molecular weight is 413 g/mol. The molecule has 2 aliphatic rings. The molecule has 2 amide bonds. The molecule has 1 spiro atoms. The SMILES string of the molecule is CCCNC(=O)C1COC2(CCC(C)CC2)N1C(=O)c1ccc(Cl)c(Cl)c1. The van der Waals surface area contributed by atoms with Gasteiger partial charge in [0, 0.05) is 12.1 Å². The molecule has 5 nitrogen and oxygen atoms in total. The smallest absolute Gasteiger partial charge is 0.256 e. The molecule has 148 valence electrons. The number of hydrogen-bond donors (Lipinski definition) is 1. The largest absolute Gasteiger partial charge is 0.354 e. The van der Waals surface area contributed by atoms with Gasteiger partial charge in [-0.15, -0.1) is 0 Å². The van der Waals surface area contributed by atoms with Crippen molar-refractivity contribution >= 4 is 35.0 Å². The number of rotatable bonds is 4. The third kappa shape index (κ3) is 4.10. The van der Waals surface area contributed by atoms with Crippen molar-refractivity contribution in [3.63, 3.8) is 0 Å². The van der Waals surface area contributed by atoms with Gasteiger partial charge in [-0.1, -0.05) is 37.0 Å². The fourth-order valence-corrected chi connectivity index (χ4v) is 4.21. The first-order valence-corrected chi connectivity index (χ1v) is 10.3. The predicted octanol–water partition coefficient (Wildman–Crippen LogP) is 4.27. The van der Waals surface area contributed by atoms with Crippen molar-refractivity contribution in [2.24, 2.45) is 5.92 Å². The number of nitrogens with zero attached hydrogens (tertiary/aromatic N) is 1. The van der Waals surface area contributed by atoms with Gasteiger partial charge in [0.1, 0.15) is 11.8 Å². The first-order valence-electron chi connectivity index (χ1n) is 9.58. The van der Waals surface area contributed by atoms with E-state index in [4.69, 9.17) is 27.9 Å². The first-order chi connectivity index (χ1) is 12.9. The minimum atomic E-state index is -0.718. The van der Waals surface area contributed by atoms with Crippen LogP contribution in [0.2, 0.25) is 10.0 Å². The lowest BCUT2D eigenvalue weighted by atomic mass is 9.83. The Morgan fingerprint density at radius 1 is 1.26 bits per heavy atom. The highest BCUT2D eigenvalue weighted by atomic mass is 35.5. The molecule has 1 saturated heterocycles. The highest BCUT2D eigenvalue weighted by Crippen LogP contribution is 2.43. The maximum absolute atomic E-state index is 13.4. The van der Waals surface area contributed by atoms with Crippen molar-refractivity contribution in [2.75, 3.05) is 13.2 Å². The summed E-state index contributed by atoms with van der Waals surface area (Å²) in [4.78, 5) is 27.8. The van der Waals surface area contributed by atoms with Crippen LogP contribution in [0.3, 0.4) is 0 Å². The van der Waals surface area contributed by atoms with Crippen LogP contribution in [0.25, 0.3) is 0 Å². The maximum Gasteiger partial charge on any atom is 0.256 e. The number of halogens is 2. The zero-order valence-corrected chi connectivity index (χ0v) is 17.3. The maximum atomic E-state index is 13.4. The Morgan fingerprint density at radius 3 is 2.59 bits per heavy atom. The van der Waals surface area contributed by atoms with Gasteiger partial charge in [-0.3, -0.25) is 14.5 Å². The van der Waals surface area contributed by atoms with Gasteiger partial charge in [-0.25, -0.2) is 0 Å². The quantitative estimate of drug-likeness (QED) is 0.802. The number of carbonyl (C=O) groups excluding carboxylic acids is 2. The summed E-state index contributed by atoms with van der Waals surface area (Å²) in [6.45, 7) is 5.00. The molecule has 2 fully saturated rings. The molecule has 0 aromatic heterocycles. The van der Waals surface area contributed by atoms with E-state index in [-0.39, 0.29) is 18.4 Å². The summed E-state index contributed by atoms with van der Waals surface area (Å²) >= 11 is 12.1. The summed E-state index contributed by atoms with van der Waals surface area (Å²) in [5.41, 5.74) is -0.301. The summed E-state index contributed by atoms with van der Waals surface area (Å²) in [7, 11) is 0. The van der Waals surface area contributed by atoms with E-state index in [0.717, 1.165) is 32.1 Å². The Kier molecular flexibility index (Phi) is 6.34. The minimum absolute atomic E-state index is 0.166. The fourth-order valence-electron chi connectivity index (χ4n) is 3.91. The van der Waals surface area contributed by atoms with Crippen LogP contribution in [0, 0.1) is 5.92 Å². The second-order valence-electron chi connectivity index (χ2n) is 7.55. The number of amides is 2. The number of hydrogen-bond acceptors (Lipinski definition) is 3. The molecule has 1 aromatic rings. The van der Waals surface area contributed by atoms with Crippen LogP contribution < -0.4 is 5.32 Å². The number of carbonyl (C=O) groups is 2. The number of nitrogens with one attached hydrogen (secondary N) is 1. The van der Waals surface area contributed by atoms with Crippen molar-refractivity contribution < 1.29 is 14.3 Å². The van der Waals surface area contributed by atoms with Crippen LogP contribution >= 0.6 is 23.2 Å². The monoisotopic (exact) mass is 412 g/mol. The molecule has 7 heteroatoms. The van der Waals surface area contributed by atoms with Crippen LogP contribution in [0.5, 0.6) is 0 Å². The van der Waals surface area contributed by atoms with Crippen molar-refractivity contribution in [3.05, 3.63) is 33.8 Å². The summed E-state index contributed by atoms with van der Waals surface area (Å²) < 4.78 is 6.14. The van der Waals surface area contributed by atoms with Gasteiger partial charge < -0.3 is 10.1 Å². The Bertz CT molecular complexity index is 717. The molecule has 1 heterocycles. The molecule has 1 aromatic carbocycles. The highest BCUT2D eigenvalue weighted by Gasteiger charge is 2.53. The molecule has 3 rings (SSSR count). The average Bonchev–Trinajstić information content (AvgIpc) is 3.03. The Hall–Kier alpha value is -1.30. The molecule has 1 N–H and O–H groups in total. The number of benzene rings is 1. The van der Waals surface area contributed by atoms with E-state index in [1.54, 1.807) is 23.1 Å². The first kappa shape index (κ1) is 20.4. The molecular formula is C20H26Cl2N2O3. The topological polar surface area (TPSA) is 58.6 Å². The molecule has 1 unspecified atom stereocenters. The Labute approximate surface area is 170 Å². The summed E-state index contributed by atoms with van der Waals surface area (Å²) in [5, 5.41) is 3.62. The normalized spacial score (nSPS) is 27.8. The van der Waals surface area contributed by atoms with Crippen molar-refractivity contribution in [1.29, 1.82) is 0 Å². The third-order valence-electron chi connectivity index (χ3n) is 5.55. The van der Waals surface area contributed by atoms with Crippen LogP contribution in [0.1, 0.15) is 56.3 Å². The molecule has 1 aliphatic heterocycles. The molecule has 1 atom stereocenters. The second kappa shape index (κ2) is 8.38.